The van der Waals surface area contributed by atoms with Gasteiger partial charge in [0.1, 0.15) is 11.5 Å². The van der Waals surface area contributed by atoms with Crippen LogP contribution < -0.4 is 9.64 Å². The molecule has 0 N–H and O–H groups in total. The summed E-state index contributed by atoms with van der Waals surface area (Å²) in [7, 11) is -1.89. The van der Waals surface area contributed by atoms with E-state index in [1.807, 2.05) is 49.4 Å². The highest BCUT2D eigenvalue weighted by molar-refractivity contribution is 7.92. The number of amides is 1. The number of carbonyl (C=O) groups is 1. The average Bonchev–Trinajstić information content (AvgIpc) is 2.68. The van der Waals surface area contributed by atoms with Gasteiger partial charge < -0.3 is 9.64 Å². The molecule has 0 aliphatic carbocycles. The largest absolute Gasteiger partial charge is 0.495 e. The Morgan fingerprint density at radius 3 is 2.61 bits per heavy atom. The molecule has 28 heavy (non-hydrogen) atoms. The molecule has 0 atom stereocenters. The Bertz CT molecular complexity index is 939. The number of hydrogen-bond donors (Lipinski definition) is 0. The molecule has 0 unspecified atom stereocenters. The Hall–Kier alpha value is -2.34. The molecule has 0 spiro atoms. The molecule has 1 aliphatic heterocycles. The van der Waals surface area contributed by atoms with Crippen molar-refractivity contribution < 1.29 is 17.9 Å². The number of sulfone groups is 1. The molecule has 0 saturated heterocycles. The first-order chi connectivity index (χ1) is 13.4. The van der Waals surface area contributed by atoms with Gasteiger partial charge in [-0.25, -0.2) is 8.42 Å². The van der Waals surface area contributed by atoms with Crippen LogP contribution in [-0.2, 0) is 27.5 Å². The topological polar surface area (TPSA) is 63.7 Å². The number of carbonyl (C=O) groups excluding carboxylic acids is 1. The summed E-state index contributed by atoms with van der Waals surface area (Å²) < 4.78 is 30.5. The van der Waals surface area contributed by atoms with E-state index in [1.54, 1.807) is 12.0 Å². The fourth-order valence-corrected chi connectivity index (χ4v) is 5.01. The monoisotopic (exact) mass is 401 g/mol. The van der Waals surface area contributed by atoms with Crippen LogP contribution in [0.2, 0.25) is 0 Å². The third-order valence-corrected chi connectivity index (χ3v) is 6.78. The van der Waals surface area contributed by atoms with Gasteiger partial charge in [-0.2, -0.15) is 0 Å². The van der Waals surface area contributed by atoms with Crippen LogP contribution in [0.25, 0.3) is 0 Å². The molecule has 5 nitrogen and oxygen atoms in total. The smallest absolute Gasteiger partial charge is 0.242 e. The maximum Gasteiger partial charge on any atom is 0.242 e. The number of hydrogen-bond acceptors (Lipinski definition) is 4. The van der Waals surface area contributed by atoms with Crippen LogP contribution in [0.4, 0.5) is 5.69 Å². The molecule has 2 aromatic rings. The van der Waals surface area contributed by atoms with Crippen molar-refractivity contribution >= 4 is 21.4 Å². The zero-order valence-corrected chi connectivity index (χ0v) is 17.3. The van der Waals surface area contributed by atoms with Gasteiger partial charge in [-0.15, -0.1) is 0 Å². The van der Waals surface area contributed by atoms with E-state index in [4.69, 9.17) is 4.74 Å². The molecule has 0 bridgehead atoms. The maximum atomic E-state index is 12.9. The van der Waals surface area contributed by atoms with Gasteiger partial charge in [-0.3, -0.25) is 4.79 Å². The Kier molecular flexibility index (Phi) is 6.39. The zero-order chi connectivity index (χ0) is 20.1. The highest BCUT2D eigenvalue weighted by Crippen LogP contribution is 2.38. The minimum absolute atomic E-state index is 0.0132. The van der Waals surface area contributed by atoms with Gasteiger partial charge in [0.2, 0.25) is 5.91 Å². The third-order valence-electron chi connectivity index (χ3n) is 5.19. The van der Waals surface area contributed by atoms with Crippen molar-refractivity contribution in [3.63, 3.8) is 0 Å². The number of nitrogens with zero attached hydrogens (tertiary/aromatic N) is 1. The lowest BCUT2D eigenvalue weighted by Crippen LogP contribution is -2.40. The summed E-state index contributed by atoms with van der Waals surface area (Å²) in [4.78, 5) is 14.5. The van der Waals surface area contributed by atoms with E-state index in [-0.39, 0.29) is 11.7 Å². The number of benzene rings is 2. The molecule has 0 aromatic heterocycles. The van der Waals surface area contributed by atoms with Crippen molar-refractivity contribution in [3.05, 3.63) is 59.2 Å². The van der Waals surface area contributed by atoms with E-state index in [1.165, 1.54) is 0 Å². The summed E-state index contributed by atoms with van der Waals surface area (Å²) in [6, 6.07) is 13.6. The lowest BCUT2D eigenvalue weighted by atomic mass is 9.96. The van der Waals surface area contributed by atoms with E-state index in [9.17, 15) is 13.2 Å². The molecule has 1 heterocycles. The predicted octanol–water partition coefficient (Wildman–Crippen LogP) is 3.33. The van der Waals surface area contributed by atoms with Crippen LogP contribution >= 0.6 is 0 Å². The molecule has 0 radical (unpaired) electrons. The van der Waals surface area contributed by atoms with Crippen LogP contribution in [-0.4, -0.2) is 39.5 Å². The van der Waals surface area contributed by atoms with E-state index >= 15 is 0 Å². The second-order valence-electron chi connectivity index (χ2n) is 7.24. The standard InChI is InChI=1S/C22H27NO4S/c1-17-12-13-20(27-2)22-19(17)11-6-14-23(22)21(24)16-28(25,26)15-7-10-18-8-4-3-5-9-18/h3-5,8-9,12-13H,6-7,10-11,14-16H2,1-2H3. The van der Waals surface area contributed by atoms with E-state index in [0.717, 1.165) is 35.2 Å². The third kappa shape index (κ3) is 4.73. The number of methoxy groups -OCH3 is 1. The van der Waals surface area contributed by atoms with Crippen LogP contribution in [0.15, 0.2) is 42.5 Å². The molecule has 6 heteroatoms. The Labute approximate surface area is 167 Å². The zero-order valence-electron chi connectivity index (χ0n) is 16.5. The molecule has 0 saturated carbocycles. The molecular weight excluding hydrogens is 374 g/mol. The summed E-state index contributed by atoms with van der Waals surface area (Å²) in [5.41, 5.74) is 4.01. The van der Waals surface area contributed by atoms with Crippen molar-refractivity contribution in [2.45, 2.75) is 32.6 Å². The number of ether oxygens (including phenoxy) is 1. The molecule has 1 amide bonds. The Balaban J connectivity index is 1.69. The summed E-state index contributed by atoms with van der Waals surface area (Å²) in [5, 5.41) is 0. The average molecular weight is 402 g/mol. The van der Waals surface area contributed by atoms with Gasteiger partial charge in [0.25, 0.3) is 0 Å². The van der Waals surface area contributed by atoms with Crippen LogP contribution in [0, 0.1) is 6.92 Å². The minimum atomic E-state index is -3.46. The van der Waals surface area contributed by atoms with Crippen molar-refractivity contribution in [3.8, 4) is 5.75 Å². The normalized spacial score (nSPS) is 13.9. The van der Waals surface area contributed by atoms with Crippen LogP contribution in [0.5, 0.6) is 5.75 Å². The van der Waals surface area contributed by atoms with Gasteiger partial charge in [0, 0.05) is 6.54 Å². The van der Waals surface area contributed by atoms with Gasteiger partial charge in [0.05, 0.1) is 18.6 Å². The fourth-order valence-electron chi connectivity index (χ4n) is 3.75. The van der Waals surface area contributed by atoms with Crippen molar-refractivity contribution in [2.24, 2.45) is 0 Å². The Morgan fingerprint density at radius 1 is 1.14 bits per heavy atom. The first-order valence-electron chi connectivity index (χ1n) is 9.62. The van der Waals surface area contributed by atoms with Gasteiger partial charge in [-0.1, -0.05) is 36.4 Å². The predicted molar refractivity (Wildman–Crippen MR) is 112 cm³/mol. The maximum absolute atomic E-state index is 12.9. The highest BCUT2D eigenvalue weighted by Gasteiger charge is 2.29. The molecule has 0 fully saturated rings. The summed E-state index contributed by atoms with van der Waals surface area (Å²) >= 11 is 0. The molecule has 150 valence electrons. The number of rotatable bonds is 7. The van der Waals surface area contributed by atoms with Crippen LogP contribution in [0.1, 0.15) is 29.5 Å². The highest BCUT2D eigenvalue weighted by atomic mass is 32.2. The van der Waals surface area contributed by atoms with Gasteiger partial charge in [-0.05, 0) is 55.4 Å². The van der Waals surface area contributed by atoms with Crippen LogP contribution in [0.3, 0.4) is 0 Å². The molecule has 1 aliphatic rings. The van der Waals surface area contributed by atoms with E-state index < -0.39 is 15.6 Å². The lowest BCUT2D eigenvalue weighted by Gasteiger charge is -2.32. The van der Waals surface area contributed by atoms with E-state index in [2.05, 4.69) is 0 Å². The first-order valence-corrected chi connectivity index (χ1v) is 11.4. The number of fused-ring (bicyclic) bond motifs is 1. The first kappa shape index (κ1) is 20.4. The Morgan fingerprint density at radius 2 is 1.89 bits per heavy atom. The summed E-state index contributed by atoms with van der Waals surface area (Å²) in [6.07, 6.45) is 2.89. The quantitative estimate of drug-likeness (QED) is 0.714. The summed E-state index contributed by atoms with van der Waals surface area (Å²) in [5.74, 6) is -0.197. The number of anilines is 1. The van der Waals surface area contributed by atoms with E-state index in [0.29, 0.717) is 25.1 Å². The van der Waals surface area contributed by atoms with Crippen molar-refractivity contribution in [1.82, 2.24) is 0 Å². The number of aryl methyl sites for hydroxylation is 2. The molecule has 3 rings (SSSR count). The second-order valence-corrected chi connectivity index (χ2v) is 9.43. The fraction of sp³-hybridized carbons (Fsp3) is 0.409. The summed E-state index contributed by atoms with van der Waals surface area (Å²) in [6.45, 7) is 2.53. The van der Waals surface area contributed by atoms with Crippen molar-refractivity contribution in [2.75, 3.05) is 30.1 Å². The van der Waals surface area contributed by atoms with Gasteiger partial charge >= 0.3 is 0 Å². The molecule has 2 aromatic carbocycles. The second kappa shape index (κ2) is 8.78. The molecular formula is C22H27NO4S. The van der Waals surface area contributed by atoms with Crippen molar-refractivity contribution in [1.29, 1.82) is 0 Å². The SMILES string of the molecule is COc1ccc(C)c2c1N(C(=O)CS(=O)(=O)CCCc1ccccc1)CCC2. The van der Waals surface area contributed by atoms with Gasteiger partial charge in [0.15, 0.2) is 9.84 Å². The lowest BCUT2D eigenvalue weighted by molar-refractivity contribution is -0.116. The minimum Gasteiger partial charge on any atom is -0.495 e.